The molecular weight excluding hydrogens is 288 g/mol. The molecule has 1 N–H and O–H groups in total. The molecule has 0 bridgehead atoms. The highest BCUT2D eigenvalue weighted by atomic mass is 16.5. The summed E-state index contributed by atoms with van der Waals surface area (Å²) in [6.45, 7) is 1.19. The van der Waals surface area contributed by atoms with Crippen LogP contribution in [0.15, 0.2) is 77.6 Å². The van der Waals surface area contributed by atoms with Crippen molar-refractivity contribution >= 4 is 5.90 Å². The second kappa shape index (κ2) is 6.16. The molecule has 2 aromatic carbocycles. The molecule has 2 aliphatic heterocycles. The highest BCUT2D eigenvalue weighted by molar-refractivity contribution is 5.89. The van der Waals surface area contributed by atoms with Gasteiger partial charge >= 0.3 is 0 Å². The molecule has 0 radical (unpaired) electrons. The highest BCUT2D eigenvalue weighted by Crippen LogP contribution is 2.25. The molecule has 0 amide bonds. The van der Waals surface area contributed by atoms with Gasteiger partial charge in [-0.2, -0.15) is 0 Å². The van der Waals surface area contributed by atoms with Crippen LogP contribution in [0.5, 0.6) is 0 Å². The van der Waals surface area contributed by atoms with Crippen LogP contribution in [0.1, 0.15) is 23.2 Å². The van der Waals surface area contributed by atoms with E-state index in [1.807, 2.05) is 42.5 Å². The number of nitrogens with one attached hydrogen (secondary N) is 1. The van der Waals surface area contributed by atoms with Crippen LogP contribution in [0.4, 0.5) is 0 Å². The Hall–Kier alpha value is -2.75. The zero-order valence-electron chi connectivity index (χ0n) is 12.7. The summed E-state index contributed by atoms with van der Waals surface area (Å²) < 4.78 is 11.4. The maximum Gasteiger partial charge on any atom is 0.214 e. The first-order valence-corrected chi connectivity index (χ1v) is 7.80. The zero-order chi connectivity index (χ0) is 15.5. The minimum Gasteiger partial charge on any atom is -0.476 e. The van der Waals surface area contributed by atoms with Crippen molar-refractivity contribution in [3.05, 3.63) is 83.7 Å². The fourth-order valence-electron chi connectivity index (χ4n) is 2.81. The first-order chi connectivity index (χ1) is 11.4. The molecule has 2 aromatic rings. The van der Waals surface area contributed by atoms with E-state index < -0.39 is 0 Å². The summed E-state index contributed by atoms with van der Waals surface area (Å²) in [5, 5.41) is 3.37. The summed E-state index contributed by atoms with van der Waals surface area (Å²) in [7, 11) is 0. The van der Waals surface area contributed by atoms with Crippen LogP contribution < -0.4 is 5.32 Å². The van der Waals surface area contributed by atoms with Crippen molar-refractivity contribution in [2.45, 2.75) is 12.1 Å². The SMILES string of the molecule is C(/C1=N[C@H](c2ccccc2)CO1)=C1/N[C@H](c2ccccc2)CO1. The molecule has 2 atom stereocenters. The smallest absolute Gasteiger partial charge is 0.214 e. The molecule has 116 valence electrons. The summed E-state index contributed by atoms with van der Waals surface area (Å²) in [5.41, 5.74) is 2.38. The normalized spacial score (nSPS) is 24.7. The van der Waals surface area contributed by atoms with E-state index in [0.717, 1.165) is 0 Å². The summed E-state index contributed by atoms with van der Waals surface area (Å²) in [6.07, 6.45) is 1.84. The van der Waals surface area contributed by atoms with Gasteiger partial charge in [-0.25, -0.2) is 4.99 Å². The second-order valence-electron chi connectivity index (χ2n) is 5.63. The van der Waals surface area contributed by atoms with Crippen molar-refractivity contribution in [3.63, 3.8) is 0 Å². The third-order valence-corrected chi connectivity index (χ3v) is 4.04. The molecule has 23 heavy (non-hydrogen) atoms. The van der Waals surface area contributed by atoms with Crippen molar-refractivity contribution in [1.29, 1.82) is 0 Å². The largest absolute Gasteiger partial charge is 0.476 e. The van der Waals surface area contributed by atoms with Crippen molar-refractivity contribution in [2.24, 2.45) is 4.99 Å². The van der Waals surface area contributed by atoms with Crippen LogP contribution in [0.3, 0.4) is 0 Å². The number of rotatable bonds is 3. The Balaban J connectivity index is 1.45. The summed E-state index contributed by atoms with van der Waals surface area (Å²) in [6, 6.07) is 20.7. The average molecular weight is 306 g/mol. The Labute approximate surface area is 135 Å². The number of nitrogens with zero attached hydrogens (tertiary/aromatic N) is 1. The van der Waals surface area contributed by atoms with Gasteiger partial charge in [0.05, 0.1) is 12.1 Å². The van der Waals surface area contributed by atoms with Gasteiger partial charge in [0.25, 0.3) is 0 Å². The predicted octanol–water partition coefficient (Wildman–Crippen LogP) is 3.36. The second-order valence-corrected chi connectivity index (χ2v) is 5.63. The zero-order valence-corrected chi connectivity index (χ0v) is 12.7. The third-order valence-electron chi connectivity index (χ3n) is 4.04. The lowest BCUT2D eigenvalue weighted by atomic mass is 10.1. The van der Waals surface area contributed by atoms with E-state index in [9.17, 15) is 0 Å². The van der Waals surface area contributed by atoms with Gasteiger partial charge in [-0.1, -0.05) is 60.7 Å². The van der Waals surface area contributed by atoms with Crippen molar-refractivity contribution in [1.82, 2.24) is 5.32 Å². The number of hydrogen-bond acceptors (Lipinski definition) is 4. The predicted molar refractivity (Wildman–Crippen MR) is 88.9 cm³/mol. The molecule has 0 aliphatic carbocycles. The van der Waals surface area contributed by atoms with E-state index in [1.54, 1.807) is 0 Å². The third kappa shape index (κ3) is 3.06. The number of ether oxygens (including phenoxy) is 2. The van der Waals surface area contributed by atoms with Gasteiger partial charge in [0.15, 0.2) is 5.88 Å². The lowest BCUT2D eigenvalue weighted by molar-refractivity contribution is 0.253. The minimum absolute atomic E-state index is 0.0642. The highest BCUT2D eigenvalue weighted by Gasteiger charge is 2.24. The van der Waals surface area contributed by atoms with E-state index >= 15 is 0 Å². The van der Waals surface area contributed by atoms with Crippen LogP contribution in [0, 0.1) is 0 Å². The van der Waals surface area contributed by atoms with Crippen LogP contribution in [0.25, 0.3) is 0 Å². The van der Waals surface area contributed by atoms with E-state index in [2.05, 4.69) is 34.6 Å². The van der Waals surface area contributed by atoms with Gasteiger partial charge in [-0.3, -0.25) is 0 Å². The fourth-order valence-corrected chi connectivity index (χ4v) is 2.81. The molecule has 0 saturated carbocycles. The average Bonchev–Trinajstić information content (AvgIpc) is 3.27. The molecule has 4 rings (SSSR count). The van der Waals surface area contributed by atoms with Crippen LogP contribution in [0.2, 0.25) is 0 Å². The Morgan fingerprint density at radius 2 is 1.57 bits per heavy atom. The summed E-state index contributed by atoms with van der Waals surface area (Å²) in [5.74, 6) is 1.33. The van der Waals surface area contributed by atoms with Gasteiger partial charge < -0.3 is 14.8 Å². The van der Waals surface area contributed by atoms with Gasteiger partial charge in [0, 0.05) is 0 Å². The van der Waals surface area contributed by atoms with Crippen molar-refractivity contribution < 1.29 is 9.47 Å². The van der Waals surface area contributed by atoms with Crippen molar-refractivity contribution in [2.75, 3.05) is 13.2 Å². The molecule has 1 saturated heterocycles. The van der Waals surface area contributed by atoms with Crippen LogP contribution in [-0.2, 0) is 9.47 Å². The maximum absolute atomic E-state index is 5.71. The van der Waals surface area contributed by atoms with Crippen molar-refractivity contribution in [3.8, 4) is 0 Å². The molecule has 4 nitrogen and oxygen atoms in total. The lowest BCUT2D eigenvalue weighted by Gasteiger charge is -2.07. The Morgan fingerprint density at radius 3 is 2.30 bits per heavy atom. The molecule has 0 unspecified atom stereocenters. The van der Waals surface area contributed by atoms with Crippen LogP contribution in [-0.4, -0.2) is 19.1 Å². The molecule has 0 spiro atoms. The Bertz CT molecular complexity index is 726. The monoisotopic (exact) mass is 306 g/mol. The summed E-state index contributed by atoms with van der Waals surface area (Å²) >= 11 is 0. The quantitative estimate of drug-likeness (QED) is 0.945. The minimum atomic E-state index is 0.0642. The van der Waals surface area contributed by atoms with Crippen LogP contribution >= 0.6 is 0 Å². The van der Waals surface area contributed by atoms with E-state index in [0.29, 0.717) is 25.0 Å². The lowest BCUT2D eigenvalue weighted by Crippen LogP contribution is -2.14. The summed E-state index contributed by atoms with van der Waals surface area (Å²) in [4.78, 5) is 4.62. The Kier molecular flexibility index (Phi) is 3.72. The fraction of sp³-hybridized carbons (Fsp3) is 0.211. The van der Waals surface area contributed by atoms with Gasteiger partial charge in [0.2, 0.25) is 5.90 Å². The molecule has 2 aliphatic rings. The van der Waals surface area contributed by atoms with E-state index in [1.165, 1.54) is 11.1 Å². The molecular formula is C19H18N2O2. The van der Waals surface area contributed by atoms with E-state index in [-0.39, 0.29) is 12.1 Å². The number of benzene rings is 2. The van der Waals surface area contributed by atoms with Gasteiger partial charge in [-0.05, 0) is 11.1 Å². The first-order valence-electron chi connectivity index (χ1n) is 7.80. The van der Waals surface area contributed by atoms with E-state index in [4.69, 9.17) is 9.47 Å². The molecule has 0 aromatic heterocycles. The molecule has 2 heterocycles. The topological polar surface area (TPSA) is 42.8 Å². The Morgan fingerprint density at radius 1 is 0.870 bits per heavy atom. The van der Waals surface area contributed by atoms with Gasteiger partial charge in [-0.15, -0.1) is 0 Å². The molecule has 4 heteroatoms. The maximum atomic E-state index is 5.71. The molecule has 1 fully saturated rings. The first kappa shape index (κ1) is 13.9. The van der Waals surface area contributed by atoms with Gasteiger partial charge in [0.1, 0.15) is 19.3 Å². The number of aliphatic imine (C=N–C) groups is 1. The number of hydrogen-bond donors (Lipinski definition) is 1. The standard InChI is InChI=1S/C19H18N2O2/c1-3-7-14(8-4-1)16-12-22-18(20-16)11-19-21-17(13-23-19)15-9-5-2-6-10-15/h1-11,16-17,20H,12-13H2/b18-11+/t16-,17-/m0/s1.